The van der Waals surface area contributed by atoms with Gasteiger partial charge in [-0.15, -0.1) is 0 Å². The highest BCUT2D eigenvalue weighted by Gasteiger charge is 2.12. The van der Waals surface area contributed by atoms with Crippen LogP contribution in [-0.2, 0) is 4.74 Å². The molecule has 0 amide bonds. The second kappa shape index (κ2) is 8.35. The maximum absolute atomic E-state index is 6.21. The van der Waals surface area contributed by atoms with Crippen LogP contribution in [0.3, 0.4) is 0 Å². The third-order valence-corrected chi connectivity index (χ3v) is 3.14. The van der Waals surface area contributed by atoms with Gasteiger partial charge in [-0.1, -0.05) is 17.7 Å². The van der Waals surface area contributed by atoms with Gasteiger partial charge in [0.1, 0.15) is 0 Å². The number of hydrogen-bond acceptors (Lipinski definition) is 3. The molecule has 0 fully saturated rings. The van der Waals surface area contributed by atoms with E-state index in [1.165, 1.54) is 5.57 Å². The summed E-state index contributed by atoms with van der Waals surface area (Å²) >= 11 is 6.21. The Bertz CT molecular complexity index is 413. The highest BCUT2D eigenvalue weighted by molar-refractivity contribution is 6.32. The zero-order valence-electron chi connectivity index (χ0n) is 12.2. The number of nitrogens with zero attached hydrogens (tertiary/aromatic N) is 2. The summed E-state index contributed by atoms with van der Waals surface area (Å²) in [6, 6.07) is 0.311. The molecule has 0 spiro atoms. The normalized spacial score (nSPS) is 12.4. The Kier molecular flexibility index (Phi) is 7.13. The van der Waals surface area contributed by atoms with Gasteiger partial charge in [-0.2, -0.15) is 5.10 Å². The van der Waals surface area contributed by atoms with E-state index in [4.69, 9.17) is 16.3 Å². The van der Waals surface area contributed by atoms with Crippen LogP contribution < -0.4 is 5.32 Å². The van der Waals surface area contributed by atoms with Crippen molar-refractivity contribution in [2.75, 3.05) is 26.8 Å². The molecule has 108 valence electrons. The predicted molar refractivity (Wildman–Crippen MR) is 80.6 cm³/mol. The molecule has 0 saturated heterocycles. The lowest BCUT2D eigenvalue weighted by molar-refractivity contribution is 0.199. The lowest BCUT2D eigenvalue weighted by Gasteiger charge is -2.12. The number of ether oxygens (including phenoxy) is 1. The van der Waals surface area contributed by atoms with Gasteiger partial charge in [-0.25, -0.2) is 0 Å². The van der Waals surface area contributed by atoms with Crippen LogP contribution in [0.2, 0.25) is 5.02 Å². The molecule has 0 aromatic carbocycles. The van der Waals surface area contributed by atoms with Crippen LogP contribution in [0.4, 0.5) is 0 Å². The van der Waals surface area contributed by atoms with Crippen molar-refractivity contribution in [1.29, 1.82) is 0 Å². The minimum absolute atomic E-state index is 0.311. The van der Waals surface area contributed by atoms with Crippen LogP contribution in [0.25, 0.3) is 5.57 Å². The molecule has 1 heterocycles. The summed E-state index contributed by atoms with van der Waals surface area (Å²) in [6.07, 6.45) is 4.88. The van der Waals surface area contributed by atoms with Crippen LogP contribution in [0.1, 0.15) is 38.9 Å². The van der Waals surface area contributed by atoms with E-state index in [0.717, 1.165) is 36.8 Å². The van der Waals surface area contributed by atoms with Crippen molar-refractivity contribution in [3.05, 3.63) is 23.0 Å². The van der Waals surface area contributed by atoms with Crippen LogP contribution in [-0.4, -0.2) is 36.6 Å². The monoisotopic (exact) mass is 285 g/mol. The van der Waals surface area contributed by atoms with Crippen molar-refractivity contribution in [3.8, 4) is 0 Å². The van der Waals surface area contributed by atoms with Crippen molar-refractivity contribution in [2.24, 2.45) is 0 Å². The average molecular weight is 286 g/mol. The van der Waals surface area contributed by atoms with Crippen molar-refractivity contribution in [3.63, 3.8) is 0 Å². The maximum Gasteiger partial charge on any atom is 0.0862 e. The zero-order chi connectivity index (χ0) is 14.3. The summed E-state index contributed by atoms with van der Waals surface area (Å²) in [6.45, 7) is 8.85. The van der Waals surface area contributed by atoms with E-state index in [-0.39, 0.29) is 0 Å². The Morgan fingerprint density at radius 2 is 2.26 bits per heavy atom. The minimum atomic E-state index is 0.311. The fourth-order valence-electron chi connectivity index (χ4n) is 1.89. The quantitative estimate of drug-likeness (QED) is 0.746. The summed E-state index contributed by atoms with van der Waals surface area (Å²) in [5.74, 6) is 0. The topological polar surface area (TPSA) is 39.1 Å². The number of allylic oxidation sites excluding steroid dienone is 1. The van der Waals surface area contributed by atoms with Gasteiger partial charge in [-0.3, -0.25) is 4.68 Å². The molecule has 19 heavy (non-hydrogen) atoms. The van der Waals surface area contributed by atoms with Gasteiger partial charge in [0.2, 0.25) is 0 Å². The summed E-state index contributed by atoms with van der Waals surface area (Å²) in [5.41, 5.74) is 2.19. The third-order valence-electron chi connectivity index (χ3n) is 2.87. The summed E-state index contributed by atoms with van der Waals surface area (Å²) < 4.78 is 6.94. The Hall–Kier alpha value is -0.840. The van der Waals surface area contributed by atoms with Gasteiger partial charge < -0.3 is 10.1 Å². The minimum Gasteiger partial charge on any atom is -0.383 e. The number of methoxy groups -OCH3 is 1. The Balaban J connectivity index is 2.57. The molecule has 5 heteroatoms. The van der Waals surface area contributed by atoms with E-state index in [2.05, 4.69) is 37.3 Å². The standard InChI is InChI=1S/C14H24ClN3O/c1-11(2)18-14(13(15)10-17-18)12(3)6-5-7-16-8-9-19-4/h6,10-11,16H,5,7-9H2,1-4H3/b12-6-. The summed E-state index contributed by atoms with van der Waals surface area (Å²) in [5, 5.41) is 8.35. The van der Waals surface area contributed by atoms with Crippen LogP contribution in [0.5, 0.6) is 0 Å². The van der Waals surface area contributed by atoms with Gasteiger partial charge in [0, 0.05) is 19.7 Å². The molecule has 4 nitrogen and oxygen atoms in total. The second-order valence-corrected chi connectivity index (χ2v) is 5.21. The number of halogens is 1. The van der Waals surface area contributed by atoms with E-state index in [1.807, 2.05) is 4.68 Å². The first-order valence-corrected chi connectivity index (χ1v) is 7.05. The molecule has 0 bridgehead atoms. The first kappa shape index (κ1) is 16.2. The van der Waals surface area contributed by atoms with E-state index in [9.17, 15) is 0 Å². The second-order valence-electron chi connectivity index (χ2n) is 4.80. The fraction of sp³-hybridized carbons (Fsp3) is 0.643. The molecule has 1 aromatic rings. The van der Waals surface area contributed by atoms with Crippen LogP contribution >= 0.6 is 11.6 Å². The van der Waals surface area contributed by atoms with E-state index in [1.54, 1.807) is 13.3 Å². The molecule has 1 rings (SSSR count). The third kappa shape index (κ3) is 4.97. The Morgan fingerprint density at radius 1 is 1.53 bits per heavy atom. The van der Waals surface area contributed by atoms with E-state index in [0.29, 0.717) is 6.04 Å². The Labute approximate surface area is 120 Å². The van der Waals surface area contributed by atoms with Crippen molar-refractivity contribution < 1.29 is 4.74 Å². The molecule has 1 N–H and O–H groups in total. The van der Waals surface area contributed by atoms with Crippen LogP contribution in [0, 0.1) is 0 Å². The van der Waals surface area contributed by atoms with Gasteiger partial charge >= 0.3 is 0 Å². The number of nitrogens with one attached hydrogen (secondary N) is 1. The molecule has 0 aliphatic rings. The van der Waals surface area contributed by atoms with Crippen LogP contribution in [0.15, 0.2) is 12.3 Å². The summed E-state index contributed by atoms with van der Waals surface area (Å²) in [7, 11) is 1.71. The number of rotatable bonds is 8. The maximum atomic E-state index is 6.21. The SMILES string of the molecule is COCCNCC/C=C(/C)c1c(Cl)cnn1C(C)C. The molecule has 0 radical (unpaired) electrons. The highest BCUT2D eigenvalue weighted by atomic mass is 35.5. The van der Waals surface area contributed by atoms with Crippen molar-refractivity contribution in [2.45, 2.75) is 33.2 Å². The van der Waals surface area contributed by atoms with Crippen molar-refractivity contribution in [1.82, 2.24) is 15.1 Å². The largest absolute Gasteiger partial charge is 0.383 e. The van der Waals surface area contributed by atoms with E-state index >= 15 is 0 Å². The highest BCUT2D eigenvalue weighted by Crippen LogP contribution is 2.26. The Morgan fingerprint density at radius 3 is 2.89 bits per heavy atom. The van der Waals surface area contributed by atoms with Gasteiger partial charge in [0.05, 0.1) is 23.5 Å². The molecule has 1 aromatic heterocycles. The molecule has 0 aliphatic carbocycles. The van der Waals surface area contributed by atoms with Crippen molar-refractivity contribution >= 4 is 17.2 Å². The van der Waals surface area contributed by atoms with Gasteiger partial charge in [0.15, 0.2) is 0 Å². The van der Waals surface area contributed by atoms with Gasteiger partial charge in [-0.05, 0) is 39.3 Å². The van der Waals surface area contributed by atoms with E-state index < -0.39 is 0 Å². The molecule has 0 atom stereocenters. The first-order chi connectivity index (χ1) is 9.07. The number of hydrogen-bond donors (Lipinski definition) is 1. The fourth-order valence-corrected chi connectivity index (χ4v) is 2.17. The average Bonchev–Trinajstić information content (AvgIpc) is 2.75. The van der Waals surface area contributed by atoms with Gasteiger partial charge in [0.25, 0.3) is 0 Å². The molecular weight excluding hydrogens is 262 g/mol. The molecule has 0 aliphatic heterocycles. The summed E-state index contributed by atoms with van der Waals surface area (Å²) in [4.78, 5) is 0. The lowest BCUT2D eigenvalue weighted by Crippen LogP contribution is -2.19. The molecule has 0 unspecified atom stereocenters. The first-order valence-electron chi connectivity index (χ1n) is 6.67. The predicted octanol–water partition coefficient (Wildman–Crippen LogP) is 3.15. The molecule has 0 saturated carbocycles. The smallest absolute Gasteiger partial charge is 0.0862 e. The lowest BCUT2D eigenvalue weighted by atomic mass is 10.1. The number of aromatic nitrogens is 2. The zero-order valence-corrected chi connectivity index (χ0v) is 13.0. The molecular formula is C14H24ClN3O.